The summed E-state index contributed by atoms with van der Waals surface area (Å²) >= 11 is 5.74. The van der Waals surface area contributed by atoms with Gasteiger partial charge in [0.25, 0.3) is 0 Å². The summed E-state index contributed by atoms with van der Waals surface area (Å²) in [7, 11) is 0. The molecule has 1 aromatic carbocycles. The van der Waals surface area contributed by atoms with Crippen molar-refractivity contribution in [1.29, 1.82) is 0 Å². The van der Waals surface area contributed by atoms with Gasteiger partial charge in [0, 0.05) is 11.8 Å². The summed E-state index contributed by atoms with van der Waals surface area (Å²) in [5, 5.41) is 0.143. The number of pyridine rings is 1. The van der Waals surface area contributed by atoms with Crippen molar-refractivity contribution in [2.45, 2.75) is 44.9 Å². The van der Waals surface area contributed by atoms with Gasteiger partial charge in [0.05, 0.1) is 10.7 Å². The van der Waals surface area contributed by atoms with Gasteiger partial charge < -0.3 is 0 Å². The monoisotopic (exact) mass is 343 g/mol. The summed E-state index contributed by atoms with van der Waals surface area (Å²) in [6.07, 6.45) is 12.7. The van der Waals surface area contributed by atoms with E-state index in [0.29, 0.717) is 5.92 Å². The van der Waals surface area contributed by atoms with Crippen LogP contribution in [0.2, 0.25) is 5.02 Å². The van der Waals surface area contributed by atoms with E-state index >= 15 is 0 Å². The Bertz CT molecular complexity index is 700. The molecule has 24 heavy (non-hydrogen) atoms. The molecule has 0 bridgehead atoms. The Balaban J connectivity index is 1.67. The average Bonchev–Trinajstić information content (AvgIpc) is 2.63. The maximum absolute atomic E-state index is 13.6. The zero-order valence-corrected chi connectivity index (χ0v) is 14.8. The van der Waals surface area contributed by atoms with Gasteiger partial charge in [0.15, 0.2) is 0 Å². The van der Waals surface area contributed by atoms with Crippen molar-refractivity contribution in [3.8, 4) is 11.3 Å². The van der Waals surface area contributed by atoms with E-state index in [9.17, 15) is 4.39 Å². The fourth-order valence-corrected chi connectivity index (χ4v) is 3.56. The molecule has 0 atom stereocenters. The first-order valence-corrected chi connectivity index (χ1v) is 9.13. The number of aromatic nitrogens is 1. The van der Waals surface area contributed by atoms with Gasteiger partial charge in [-0.3, -0.25) is 4.98 Å². The van der Waals surface area contributed by atoms with Crippen molar-refractivity contribution in [3.63, 3.8) is 0 Å². The van der Waals surface area contributed by atoms with Crippen molar-refractivity contribution >= 4 is 11.6 Å². The van der Waals surface area contributed by atoms with Crippen molar-refractivity contribution < 1.29 is 4.39 Å². The molecule has 0 unspecified atom stereocenters. The normalized spacial score (nSPS) is 21.3. The fraction of sp³-hybridized carbons (Fsp3) is 0.381. The van der Waals surface area contributed by atoms with Gasteiger partial charge in [-0.2, -0.15) is 0 Å². The lowest BCUT2D eigenvalue weighted by Gasteiger charge is -2.27. The van der Waals surface area contributed by atoms with Crippen LogP contribution in [0.5, 0.6) is 0 Å². The maximum Gasteiger partial charge on any atom is 0.142 e. The molecule has 0 aliphatic heterocycles. The third-order valence-electron chi connectivity index (χ3n) is 4.89. The molecule has 126 valence electrons. The van der Waals surface area contributed by atoms with Crippen LogP contribution >= 0.6 is 11.6 Å². The van der Waals surface area contributed by atoms with Gasteiger partial charge in [-0.1, -0.05) is 42.8 Å². The van der Waals surface area contributed by atoms with Crippen LogP contribution in [0, 0.1) is 11.7 Å². The number of allylic oxidation sites excluding steroid dienone is 2. The second-order valence-corrected chi connectivity index (χ2v) is 6.96. The highest BCUT2D eigenvalue weighted by molar-refractivity contribution is 6.30. The standard InChI is InChI=1S/C21H23ClFN/c1-2-3-4-15-5-7-16(8-6-15)18-10-12-21(24-14-18)17-9-11-19(22)20(23)13-17/h3-4,9-16H,2,5-8H2,1H3. The van der Waals surface area contributed by atoms with Crippen LogP contribution in [0.15, 0.2) is 48.7 Å². The molecule has 1 fully saturated rings. The quantitative estimate of drug-likeness (QED) is 0.557. The highest BCUT2D eigenvalue weighted by Crippen LogP contribution is 2.36. The Labute approximate surface area is 148 Å². The zero-order chi connectivity index (χ0) is 16.9. The Morgan fingerprint density at radius 1 is 1.17 bits per heavy atom. The lowest BCUT2D eigenvalue weighted by atomic mass is 9.79. The van der Waals surface area contributed by atoms with Crippen molar-refractivity contribution in [1.82, 2.24) is 4.98 Å². The number of rotatable bonds is 4. The maximum atomic E-state index is 13.6. The van der Waals surface area contributed by atoms with Gasteiger partial charge in [-0.25, -0.2) is 4.39 Å². The number of hydrogen-bond acceptors (Lipinski definition) is 1. The van der Waals surface area contributed by atoms with E-state index in [1.54, 1.807) is 12.1 Å². The number of nitrogens with zero attached hydrogens (tertiary/aromatic N) is 1. The average molecular weight is 344 g/mol. The summed E-state index contributed by atoms with van der Waals surface area (Å²) < 4.78 is 13.6. The predicted octanol–water partition coefficient (Wildman–Crippen LogP) is 6.78. The van der Waals surface area contributed by atoms with E-state index in [-0.39, 0.29) is 5.02 Å². The summed E-state index contributed by atoms with van der Waals surface area (Å²) in [6.45, 7) is 2.18. The molecule has 0 spiro atoms. The molecule has 2 aromatic rings. The molecule has 1 aromatic heterocycles. The van der Waals surface area contributed by atoms with Crippen molar-refractivity contribution in [2.75, 3.05) is 0 Å². The van der Waals surface area contributed by atoms with E-state index in [4.69, 9.17) is 11.6 Å². The Kier molecular flexibility index (Phi) is 5.68. The van der Waals surface area contributed by atoms with Crippen LogP contribution in [-0.2, 0) is 0 Å². The van der Waals surface area contributed by atoms with Gasteiger partial charge in [0.2, 0.25) is 0 Å². The SMILES string of the molecule is CCC=CC1CCC(c2ccc(-c3ccc(Cl)c(F)c3)nc2)CC1. The first-order valence-electron chi connectivity index (χ1n) is 8.75. The molecule has 1 nitrogen and oxygen atoms in total. The van der Waals surface area contributed by atoms with Crippen LogP contribution in [-0.4, -0.2) is 4.98 Å². The van der Waals surface area contributed by atoms with Crippen LogP contribution in [0.25, 0.3) is 11.3 Å². The summed E-state index contributed by atoms with van der Waals surface area (Å²) in [5.74, 6) is 0.934. The molecule has 1 aliphatic carbocycles. The topological polar surface area (TPSA) is 12.9 Å². The molecule has 1 aliphatic rings. The zero-order valence-electron chi connectivity index (χ0n) is 14.0. The van der Waals surface area contributed by atoms with E-state index in [0.717, 1.165) is 23.6 Å². The lowest BCUT2D eigenvalue weighted by Crippen LogP contribution is -2.12. The van der Waals surface area contributed by atoms with Gasteiger partial charge in [-0.05, 0) is 67.7 Å². The molecule has 0 amide bonds. The Hall–Kier alpha value is -1.67. The summed E-state index contributed by atoms with van der Waals surface area (Å²) in [4.78, 5) is 4.54. The molecule has 1 saturated carbocycles. The second-order valence-electron chi connectivity index (χ2n) is 6.55. The van der Waals surface area contributed by atoms with Crippen molar-refractivity contribution in [2.24, 2.45) is 5.92 Å². The minimum Gasteiger partial charge on any atom is -0.256 e. The van der Waals surface area contributed by atoms with E-state index in [1.807, 2.05) is 12.3 Å². The smallest absolute Gasteiger partial charge is 0.142 e. The minimum atomic E-state index is -0.404. The molecule has 0 radical (unpaired) electrons. The van der Waals surface area contributed by atoms with Gasteiger partial charge >= 0.3 is 0 Å². The van der Waals surface area contributed by atoms with E-state index in [2.05, 4.69) is 30.1 Å². The highest BCUT2D eigenvalue weighted by atomic mass is 35.5. The molecule has 3 rings (SSSR count). The second kappa shape index (κ2) is 7.94. The Morgan fingerprint density at radius 2 is 1.96 bits per heavy atom. The number of benzene rings is 1. The first kappa shape index (κ1) is 17.2. The third-order valence-corrected chi connectivity index (χ3v) is 5.20. The largest absolute Gasteiger partial charge is 0.256 e. The molecular weight excluding hydrogens is 321 g/mol. The summed E-state index contributed by atoms with van der Waals surface area (Å²) in [6, 6.07) is 8.95. The predicted molar refractivity (Wildman–Crippen MR) is 98.8 cm³/mol. The highest BCUT2D eigenvalue weighted by Gasteiger charge is 2.21. The van der Waals surface area contributed by atoms with Crippen LogP contribution in [0.1, 0.15) is 50.5 Å². The number of hydrogen-bond donors (Lipinski definition) is 0. The first-order chi connectivity index (χ1) is 11.7. The van der Waals surface area contributed by atoms with Gasteiger partial charge in [0.1, 0.15) is 5.82 Å². The van der Waals surface area contributed by atoms with Crippen LogP contribution in [0.3, 0.4) is 0 Å². The summed E-state index contributed by atoms with van der Waals surface area (Å²) in [5.41, 5.74) is 2.84. The Morgan fingerprint density at radius 3 is 2.58 bits per heavy atom. The third kappa shape index (κ3) is 4.05. The van der Waals surface area contributed by atoms with Gasteiger partial charge in [-0.15, -0.1) is 0 Å². The molecule has 0 saturated heterocycles. The lowest BCUT2D eigenvalue weighted by molar-refractivity contribution is 0.375. The molecule has 0 N–H and O–H groups in total. The van der Waals surface area contributed by atoms with E-state index < -0.39 is 5.82 Å². The van der Waals surface area contributed by atoms with Crippen molar-refractivity contribution in [3.05, 3.63) is 65.1 Å². The molecule has 1 heterocycles. The molecule has 3 heteroatoms. The fourth-order valence-electron chi connectivity index (χ4n) is 3.45. The van der Waals surface area contributed by atoms with E-state index in [1.165, 1.54) is 37.3 Å². The molecular formula is C21H23ClFN. The van der Waals surface area contributed by atoms with Crippen LogP contribution < -0.4 is 0 Å². The minimum absolute atomic E-state index is 0.143. The number of halogens is 2. The van der Waals surface area contributed by atoms with Crippen LogP contribution in [0.4, 0.5) is 4.39 Å².